The zero-order valence-electron chi connectivity index (χ0n) is 13.0. The molecule has 2 fully saturated rings. The van der Waals surface area contributed by atoms with Crippen LogP contribution < -0.4 is 10.5 Å². The quantitative estimate of drug-likeness (QED) is 0.862. The molecule has 3 nitrogen and oxygen atoms in total. The van der Waals surface area contributed by atoms with Crippen LogP contribution in [0.3, 0.4) is 0 Å². The first-order valence-corrected chi connectivity index (χ1v) is 8.40. The lowest BCUT2D eigenvalue weighted by Crippen LogP contribution is -2.45. The van der Waals surface area contributed by atoms with E-state index in [0.717, 1.165) is 30.8 Å². The minimum absolute atomic E-state index is 0.0484. The summed E-state index contributed by atoms with van der Waals surface area (Å²) in [5.74, 6) is 0.961. The van der Waals surface area contributed by atoms with E-state index < -0.39 is 0 Å². The lowest BCUT2D eigenvalue weighted by atomic mass is 9.77. The molecule has 0 saturated heterocycles. The molecule has 2 aliphatic rings. The van der Waals surface area contributed by atoms with E-state index >= 15 is 0 Å². The maximum absolute atomic E-state index is 6.59. The summed E-state index contributed by atoms with van der Waals surface area (Å²) in [6.45, 7) is 2.80. The van der Waals surface area contributed by atoms with Crippen molar-refractivity contribution in [2.75, 3.05) is 6.61 Å². The Bertz CT molecular complexity index is 441. The Labute approximate surface area is 127 Å². The second-order valence-corrected chi connectivity index (χ2v) is 6.42. The normalized spacial score (nSPS) is 22.8. The van der Waals surface area contributed by atoms with Gasteiger partial charge in [-0.05, 0) is 50.3 Å². The predicted molar refractivity (Wildman–Crippen MR) is 84.5 cm³/mol. The van der Waals surface area contributed by atoms with Gasteiger partial charge in [-0.25, -0.2) is 0 Å². The van der Waals surface area contributed by atoms with Gasteiger partial charge in [-0.1, -0.05) is 31.4 Å². The Balaban J connectivity index is 1.73. The van der Waals surface area contributed by atoms with Crippen molar-refractivity contribution < 1.29 is 9.47 Å². The molecule has 116 valence electrons. The number of rotatable bonds is 6. The number of ether oxygens (including phenoxy) is 2. The van der Waals surface area contributed by atoms with E-state index in [0.29, 0.717) is 6.10 Å². The molecular formula is C18H27NO2. The first kappa shape index (κ1) is 14.9. The molecule has 0 amide bonds. The summed E-state index contributed by atoms with van der Waals surface area (Å²) in [5.41, 5.74) is 7.57. The average Bonchev–Trinajstić information content (AvgIpc) is 3.33. The van der Waals surface area contributed by atoms with Gasteiger partial charge < -0.3 is 15.2 Å². The Morgan fingerprint density at radius 2 is 1.81 bits per heavy atom. The van der Waals surface area contributed by atoms with Crippen LogP contribution in [0.15, 0.2) is 24.3 Å². The first-order chi connectivity index (χ1) is 10.2. The molecule has 0 radical (unpaired) electrons. The fourth-order valence-electron chi connectivity index (χ4n) is 3.42. The fraction of sp³-hybridized carbons (Fsp3) is 0.667. The summed E-state index contributed by atoms with van der Waals surface area (Å²) in [5, 5.41) is 0. The van der Waals surface area contributed by atoms with Gasteiger partial charge in [0.25, 0.3) is 0 Å². The second-order valence-electron chi connectivity index (χ2n) is 6.42. The molecule has 1 atom stereocenters. The van der Waals surface area contributed by atoms with Gasteiger partial charge in [0.2, 0.25) is 0 Å². The summed E-state index contributed by atoms with van der Waals surface area (Å²) in [6, 6.07) is 8.27. The molecule has 21 heavy (non-hydrogen) atoms. The van der Waals surface area contributed by atoms with Gasteiger partial charge in [-0.3, -0.25) is 0 Å². The van der Waals surface area contributed by atoms with E-state index in [9.17, 15) is 0 Å². The van der Waals surface area contributed by atoms with Gasteiger partial charge in [0.15, 0.2) is 0 Å². The molecule has 0 aromatic heterocycles. The number of hydrogen-bond donors (Lipinski definition) is 1. The Morgan fingerprint density at radius 1 is 1.14 bits per heavy atom. The van der Waals surface area contributed by atoms with Crippen LogP contribution in [0.2, 0.25) is 0 Å². The van der Waals surface area contributed by atoms with Crippen LogP contribution in [0.4, 0.5) is 0 Å². The van der Waals surface area contributed by atoms with E-state index in [2.05, 4.69) is 31.2 Å². The van der Waals surface area contributed by atoms with Gasteiger partial charge in [-0.15, -0.1) is 0 Å². The smallest absolute Gasteiger partial charge is 0.119 e. The molecule has 0 bridgehead atoms. The van der Waals surface area contributed by atoms with E-state index in [1.165, 1.54) is 32.1 Å². The summed E-state index contributed by atoms with van der Waals surface area (Å²) in [7, 11) is 0. The highest BCUT2D eigenvalue weighted by molar-refractivity contribution is 5.31. The minimum atomic E-state index is -0.175. The molecule has 0 heterocycles. The zero-order valence-corrected chi connectivity index (χ0v) is 13.0. The van der Waals surface area contributed by atoms with E-state index in [1.54, 1.807) is 0 Å². The number of hydrogen-bond acceptors (Lipinski definition) is 3. The standard InChI is InChI=1S/C18H27NO2/c1-2-20-18(12-4-3-5-13-18)17(19)14-6-8-15(9-7-14)21-16-10-11-16/h6-9,16-17H,2-5,10-13,19H2,1H3. The second kappa shape index (κ2) is 6.37. The maximum Gasteiger partial charge on any atom is 0.119 e. The lowest BCUT2D eigenvalue weighted by molar-refractivity contribution is -0.0830. The van der Waals surface area contributed by atoms with Gasteiger partial charge >= 0.3 is 0 Å². The van der Waals surface area contributed by atoms with Crippen LogP contribution in [-0.4, -0.2) is 18.3 Å². The first-order valence-electron chi connectivity index (χ1n) is 8.40. The Morgan fingerprint density at radius 3 is 2.38 bits per heavy atom. The van der Waals surface area contributed by atoms with Gasteiger partial charge in [0.1, 0.15) is 5.75 Å². The maximum atomic E-state index is 6.59. The third-order valence-corrected chi connectivity index (χ3v) is 4.76. The number of nitrogens with two attached hydrogens (primary N) is 1. The van der Waals surface area contributed by atoms with Gasteiger partial charge in [0, 0.05) is 6.61 Å². The van der Waals surface area contributed by atoms with Crippen LogP contribution in [-0.2, 0) is 4.74 Å². The van der Waals surface area contributed by atoms with Crippen LogP contribution >= 0.6 is 0 Å². The van der Waals surface area contributed by atoms with Crippen molar-refractivity contribution in [2.24, 2.45) is 5.73 Å². The lowest BCUT2D eigenvalue weighted by Gasteiger charge is -2.41. The van der Waals surface area contributed by atoms with Crippen molar-refractivity contribution in [1.82, 2.24) is 0 Å². The molecule has 2 N–H and O–H groups in total. The van der Waals surface area contributed by atoms with Crippen molar-refractivity contribution in [3.8, 4) is 5.75 Å². The molecule has 0 aliphatic heterocycles. The fourth-order valence-corrected chi connectivity index (χ4v) is 3.42. The van der Waals surface area contributed by atoms with Crippen LogP contribution in [0, 0.1) is 0 Å². The summed E-state index contributed by atoms with van der Waals surface area (Å²) in [4.78, 5) is 0. The number of benzene rings is 1. The van der Waals surface area contributed by atoms with E-state index in [-0.39, 0.29) is 11.6 Å². The van der Waals surface area contributed by atoms with Gasteiger partial charge in [0.05, 0.1) is 17.7 Å². The molecule has 3 heteroatoms. The Kier molecular flexibility index (Phi) is 4.51. The monoisotopic (exact) mass is 289 g/mol. The predicted octanol–water partition coefficient (Wildman–Crippen LogP) is 3.97. The third-order valence-electron chi connectivity index (χ3n) is 4.76. The Hall–Kier alpha value is -1.06. The molecular weight excluding hydrogens is 262 g/mol. The zero-order chi connectivity index (χ0) is 14.7. The van der Waals surface area contributed by atoms with Gasteiger partial charge in [-0.2, -0.15) is 0 Å². The highest BCUT2D eigenvalue weighted by Crippen LogP contribution is 2.40. The van der Waals surface area contributed by atoms with Crippen molar-refractivity contribution in [3.05, 3.63) is 29.8 Å². The average molecular weight is 289 g/mol. The van der Waals surface area contributed by atoms with Crippen LogP contribution in [0.5, 0.6) is 5.75 Å². The molecule has 1 aromatic carbocycles. The van der Waals surface area contributed by atoms with Crippen LogP contribution in [0.1, 0.15) is 63.5 Å². The molecule has 1 unspecified atom stereocenters. The largest absolute Gasteiger partial charge is 0.490 e. The molecule has 1 aromatic rings. The topological polar surface area (TPSA) is 44.5 Å². The SMILES string of the molecule is CCOC1(C(N)c2ccc(OC3CC3)cc2)CCCCC1. The molecule has 0 spiro atoms. The molecule has 2 aliphatic carbocycles. The summed E-state index contributed by atoms with van der Waals surface area (Å²) < 4.78 is 11.9. The van der Waals surface area contributed by atoms with Crippen molar-refractivity contribution in [3.63, 3.8) is 0 Å². The van der Waals surface area contributed by atoms with E-state index in [1.807, 2.05) is 0 Å². The molecule has 3 rings (SSSR count). The van der Waals surface area contributed by atoms with Crippen molar-refractivity contribution >= 4 is 0 Å². The highest BCUT2D eigenvalue weighted by Gasteiger charge is 2.39. The summed E-state index contributed by atoms with van der Waals surface area (Å²) >= 11 is 0. The van der Waals surface area contributed by atoms with Crippen LogP contribution in [0.25, 0.3) is 0 Å². The van der Waals surface area contributed by atoms with Crippen molar-refractivity contribution in [1.29, 1.82) is 0 Å². The third kappa shape index (κ3) is 3.41. The highest BCUT2D eigenvalue weighted by atomic mass is 16.5. The minimum Gasteiger partial charge on any atom is -0.490 e. The molecule has 2 saturated carbocycles. The van der Waals surface area contributed by atoms with E-state index in [4.69, 9.17) is 15.2 Å². The summed E-state index contributed by atoms with van der Waals surface area (Å²) in [6.07, 6.45) is 8.70. The van der Waals surface area contributed by atoms with Crippen molar-refractivity contribution in [2.45, 2.75) is 69.6 Å².